The van der Waals surface area contributed by atoms with Gasteiger partial charge in [-0.1, -0.05) is 17.7 Å². The van der Waals surface area contributed by atoms with Crippen LogP contribution in [0.4, 0.5) is 17.5 Å². The zero-order chi connectivity index (χ0) is 16.8. The Morgan fingerprint density at radius 1 is 1.22 bits per heavy atom. The molecular formula is C16H23ClN6. The molecule has 6 nitrogen and oxygen atoms in total. The quantitative estimate of drug-likeness (QED) is 0.758. The highest BCUT2D eigenvalue weighted by Crippen LogP contribution is 2.29. The fourth-order valence-corrected chi connectivity index (χ4v) is 2.61. The lowest BCUT2D eigenvalue weighted by atomic mass is 10.1. The Labute approximate surface area is 142 Å². The molecule has 0 aliphatic rings. The van der Waals surface area contributed by atoms with Gasteiger partial charge in [0.1, 0.15) is 0 Å². The molecule has 1 aromatic heterocycles. The molecule has 0 spiro atoms. The third-order valence-electron chi connectivity index (χ3n) is 3.32. The maximum Gasteiger partial charge on any atom is 0.249 e. The predicted octanol–water partition coefficient (Wildman–Crippen LogP) is 3.25. The highest BCUT2D eigenvalue weighted by atomic mass is 35.5. The molecule has 0 aliphatic heterocycles. The van der Waals surface area contributed by atoms with E-state index in [2.05, 4.69) is 50.9 Å². The van der Waals surface area contributed by atoms with E-state index in [0.717, 1.165) is 36.3 Å². The van der Waals surface area contributed by atoms with Gasteiger partial charge in [-0.25, -0.2) is 0 Å². The van der Waals surface area contributed by atoms with Gasteiger partial charge in [-0.2, -0.15) is 10.1 Å². The van der Waals surface area contributed by atoms with Crippen molar-refractivity contribution in [2.24, 2.45) is 0 Å². The summed E-state index contributed by atoms with van der Waals surface area (Å²) in [6.07, 6.45) is 2.65. The SMILES string of the molecule is Cc1cc(C)c(Nc2nncc(NCCCN(C)C)n2)c(Cl)c1. The first-order valence-electron chi connectivity index (χ1n) is 7.58. The first-order valence-corrected chi connectivity index (χ1v) is 7.95. The Balaban J connectivity index is 2.03. The molecule has 2 rings (SSSR count). The summed E-state index contributed by atoms with van der Waals surface area (Å²) in [4.78, 5) is 6.57. The van der Waals surface area contributed by atoms with Crippen molar-refractivity contribution in [2.45, 2.75) is 20.3 Å². The molecule has 0 atom stereocenters. The number of rotatable bonds is 7. The minimum atomic E-state index is 0.427. The summed E-state index contributed by atoms with van der Waals surface area (Å²) < 4.78 is 0. The molecule has 2 aromatic rings. The number of hydrogen-bond donors (Lipinski definition) is 2. The summed E-state index contributed by atoms with van der Waals surface area (Å²) in [5, 5.41) is 15.0. The van der Waals surface area contributed by atoms with Crippen molar-refractivity contribution in [2.75, 3.05) is 37.8 Å². The van der Waals surface area contributed by atoms with Gasteiger partial charge in [0.25, 0.3) is 0 Å². The number of anilines is 3. The van der Waals surface area contributed by atoms with E-state index in [1.807, 2.05) is 19.9 Å². The van der Waals surface area contributed by atoms with Crippen LogP contribution in [-0.2, 0) is 0 Å². The van der Waals surface area contributed by atoms with E-state index in [1.165, 1.54) is 0 Å². The molecule has 2 N–H and O–H groups in total. The normalized spacial score (nSPS) is 10.9. The van der Waals surface area contributed by atoms with Gasteiger partial charge >= 0.3 is 0 Å². The van der Waals surface area contributed by atoms with Gasteiger partial charge in [0, 0.05) is 6.54 Å². The van der Waals surface area contributed by atoms with Gasteiger partial charge in [0.05, 0.1) is 16.9 Å². The van der Waals surface area contributed by atoms with Crippen LogP contribution in [0, 0.1) is 13.8 Å². The lowest BCUT2D eigenvalue weighted by Gasteiger charge is -2.12. The Kier molecular flexibility index (Phi) is 6.12. The monoisotopic (exact) mass is 334 g/mol. The second-order valence-corrected chi connectivity index (χ2v) is 6.22. The van der Waals surface area contributed by atoms with Crippen LogP contribution in [0.5, 0.6) is 0 Å². The summed E-state index contributed by atoms with van der Waals surface area (Å²) in [6.45, 7) is 5.87. The third-order valence-corrected chi connectivity index (χ3v) is 3.61. The van der Waals surface area contributed by atoms with E-state index >= 15 is 0 Å². The van der Waals surface area contributed by atoms with Crippen LogP contribution >= 0.6 is 11.6 Å². The van der Waals surface area contributed by atoms with Crippen LogP contribution in [0.2, 0.25) is 5.02 Å². The first-order chi connectivity index (χ1) is 11.0. The van der Waals surface area contributed by atoms with Gasteiger partial charge < -0.3 is 15.5 Å². The Hall–Kier alpha value is -1.92. The molecule has 23 heavy (non-hydrogen) atoms. The molecule has 1 heterocycles. The highest BCUT2D eigenvalue weighted by Gasteiger charge is 2.08. The van der Waals surface area contributed by atoms with Crippen molar-refractivity contribution < 1.29 is 0 Å². The average Bonchev–Trinajstić information content (AvgIpc) is 2.48. The molecule has 0 amide bonds. The smallest absolute Gasteiger partial charge is 0.249 e. The number of hydrogen-bond acceptors (Lipinski definition) is 6. The molecular weight excluding hydrogens is 312 g/mol. The fourth-order valence-electron chi connectivity index (χ4n) is 2.24. The number of nitrogens with one attached hydrogen (secondary N) is 2. The number of benzene rings is 1. The van der Waals surface area contributed by atoms with Crippen molar-refractivity contribution in [3.05, 3.63) is 34.5 Å². The van der Waals surface area contributed by atoms with Crippen LogP contribution in [-0.4, -0.2) is 47.3 Å². The second kappa shape index (κ2) is 8.08. The lowest BCUT2D eigenvalue weighted by Crippen LogP contribution is -2.17. The molecule has 0 saturated heterocycles. The Bertz CT molecular complexity index is 636. The molecule has 0 aliphatic carbocycles. The Morgan fingerprint density at radius 3 is 2.70 bits per heavy atom. The van der Waals surface area contributed by atoms with E-state index in [4.69, 9.17) is 11.6 Å². The summed E-state index contributed by atoms with van der Waals surface area (Å²) in [5.41, 5.74) is 2.97. The summed E-state index contributed by atoms with van der Waals surface area (Å²) in [5.74, 6) is 1.12. The standard InChI is InChI=1S/C16H23ClN6/c1-11-8-12(2)15(13(17)9-11)21-16-20-14(10-19-22-16)18-6-5-7-23(3)4/h8-10H,5-7H2,1-4H3,(H2,18,20,21,22). The van der Waals surface area contributed by atoms with Gasteiger partial charge in [0.15, 0.2) is 5.82 Å². The van der Waals surface area contributed by atoms with Gasteiger partial charge in [-0.15, -0.1) is 5.10 Å². The van der Waals surface area contributed by atoms with Crippen molar-refractivity contribution in [1.82, 2.24) is 20.1 Å². The zero-order valence-electron chi connectivity index (χ0n) is 14.0. The molecule has 124 valence electrons. The largest absolute Gasteiger partial charge is 0.369 e. The maximum atomic E-state index is 6.30. The molecule has 0 saturated carbocycles. The zero-order valence-corrected chi connectivity index (χ0v) is 14.8. The topological polar surface area (TPSA) is 66.0 Å². The Morgan fingerprint density at radius 2 is 2.00 bits per heavy atom. The van der Waals surface area contributed by atoms with E-state index in [0.29, 0.717) is 16.8 Å². The first kappa shape index (κ1) is 17.4. The van der Waals surface area contributed by atoms with Crippen molar-refractivity contribution >= 4 is 29.1 Å². The van der Waals surface area contributed by atoms with Crippen LogP contribution in [0.3, 0.4) is 0 Å². The van der Waals surface area contributed by atoms with Gasteiger partial charge in [0.2, 0.25) is 5.95 Å². The molecule has 0 bridgehead atoms. The number of aromatic nitrogens is 3. The summed E-state index contributed by atoms with van der Waals surface area (Å²) >= 11 is 6.30. The van der Waals surface area contributed by atoms with Crippen molar-refractivity contribution in [3.63, 3.8) is 0 Å². The van der Waals surface area contributed by atoms with Crippen LogP contribution in [0.15, 0.2) is 18.3 Å². The second-order valence-electron chi connectivity index (χ2n) is 5.81. The average molecular weight is 335 g/mol. The third kappa shape index (κ3) is 5.33. The van der Waals surface area contributed by atoms with Crippen LogP contribution in [0.25, 0.3) is 0 Å². The fraction of sp³-hybridized carbons (Fsp3) is 0.438. The van der Waals surface area contributed by atoms with E-state index in [-0.39, 0.29) is 0 Å². The van der Waals surface area contributed by atoms with E-state index in [1.54, 1.807) is 6.20 Å². The molecule has 0 unspecified atom stereocenters. The highest BCUT2D eigenvalue weighted by molar-refractivity contribution is 6.33. The maximum absolute atomic E-state index is 6.30. The van der Waals surface area contributed by atoms with Crippen LogP contribution < -0.4 is 10.6 Å². The molecule has 1 aromatic carbocycles. The summed E-state index contributed by atoms with van der Waals surface area (Å²) in [6, 6.07) is 3.97. The predicted molar refractivity (Wildman–Crippen MR) is 95.7 cm³/mol. The molecule has 0 fully saturated rings. The number of nitrogens with zero attached hydrogens (tertiary/aromatic N) is 4. The van der Waals surface area contributed by atoms with Crippen LogP contribution in [0.1, 0.15) is 17.5 Å². The minimum absolute atomic E-state index is 0.427. The molecule has 0 radical (unpaired) electrons. The summed E-state index contributed by atoms with van der Waals surface area (Å²) in [7, 11) is 4.11. The van der Waals surface area contributed by atoms with Crippen molar-refractivity contribution in [1.29, 1.82) is 0 Å². The minimum Gasteiger partial charge on any atom is -0.369 e. The van der Waals surface area contributed by atoms with Gasteiger partial charge in [-0.05, 0) is 58.1 Å². The van der Waals surface area contributed by atoms with Crippen molar-refractivity contribution in [3.8, 4) is 0 Å². The van der Waals surface area contributed by atoms with Gasteiger partial charge in [-0.3, -0.25) is 0 Å². The molecule has 7 heteroatoms. The number of aryl methyl sites for hydroxylation is 2. The number of halogens is 1. The van der Waals surface area contributed by atoms with E-state index < -0.39 is 0 Å². The lowest BCUT2D eigenvalue weighted by molar-refractivity contribution is 0.405. The van der Waals surface area contributed by atoms with E-state index in [9.17, 15) is 0 Å².